The maximum absolute atomic E-state index is 11.6. The van der Waals surface area contributed by atoms with Gasteiger partial charge in [-0.2, -0.15) is 13.2 Å². The zero-order valence-electron chi connectivity index (χ0n) is 10.3. The number of alkyl halides is 3. The van der Waals surface area contributed by atoms with Gasteiger partial charge >= 0.3 is 6.18 Å². The highest BCUT2D eigenvalue weighted by molar-refractivity contribution is 5.73. The molecular formula is C10H22F3NO. The van der Waals surface area contributed by atoms with Crippen LogP contribution < -0.4 is 5.32 Å². The summed E-state index contributed by atoms with van der Waals surface area (Å²) in [7, 11) is 0. The summed E-state index contributed by atoms with van der Waals surface area (Å²) < 4.78 is 34.8. The number of carbonyl (C=O) groups excluding carboxylic acids is 1. The Morgan fingerprint density at radius 1 is 1.20 bits per heavy atom. The summed E-state index contributed by atoms with van der Waals surface area (Å²) in [6.07, 6.45) is -5.19. The molecule has 0 aromatic heterocycles. The molecule has 0 aromatic carbocycles. The van der Waals surface area contributed by atoms with E-state index in [1.165, 1.54) is 13.8 Å². The van der Waals surface area contributed by atoms with Gasteiger partial charge in [-0.25, -0.2) is 0 Å². The fourth-order valence-electron chi connectivity index (χ4n) is 0.745. The van der Waals surface area contributed by atoms with E-state index in [0.29, 0.717) is 0 Å². The van der Waals surface area contributed by atoms with Crippen LogP contribution in [0.15, 0.2) is 0 Å². The normalized spacial score (nSPS) is 11.3. The number of hydrogen-bond donors (Lipinski definition) is 1. The Bertz CT molecular complexity index is 146. The first kappa shape index (κ1) is 19.8. The number of nitrogens with one attached hydrogen (secondary N) is 1. The molecule has 1 amide bonds. The van der Waals surface area contributed by atoms with Crippen molar-refractivity contribution in [1.29, 1.82) is 0 Å². The fraction of sp³-hybridized carbons (Fsp3) is 0.900. The highest BCUT2D eigenvalue weighted by atomic mass is 19.4. The Hall–Kier alpha value is -0.740. The van der Waals surface area contributed by atoms with Crippen LogP contribution in [0.1, 0.15) is 48.0 Å². The predicted octanol–water partition coefficient (Wildman–Crippen LogP) is 3.52. The lowest BCUT2D eigenvalue weighted by Crippen LogP contribution is -2.34. The second-order valence-corrected chi connectivity index (χ2v) is 2.42. The van der Waals surface area contributed by atoms with Crippen LogP contribution in [0.3, 0.4) is 0 Å². The summed E-state index contributed by atoms with van der Waals surface area (Å²) in [5.41, 5.74) is 0. The highest BCUT2D eigenvalue weighted by Gasteiger charge is 2.30. The Kier molecular flexibility index (Phi) is 14.9. The molecule has 0 radical (unpaired) electrons. The van der Waals surface area contributed by atoms with Crippen LogP contribution in [0.5, 0.6) is 0 Å². The van der Waals surface area contributed by atoms with Gasteiger partial charge in [-0.15, -0.1) is 0 Å². The van der Waals surface area contributed by atoms with Gasteiger partial charge in [0.05, 0.1) is 6.42 Å². The molecule has 0 aliphatic rings. The second-order valence-electron chi connectivity index (χ2n) is 2.42. The lowest BCUT2D eigenvalue weighted by molar-refractivity contribution is -0.141. The quantitative estimate of drug-likeness (QED) is 0.771. The van der Waals surface area contributed by atoms with Gasteiger partial charge in [0.15, 0.2) is 0 Å². The smallest absolute Gasteiger partial charge is 0.354 e. The molecule has 2 nitrogen and oxygen atoms in total. The van der Waals surface area contributed by atoms with Crippen LogP contribution >= 0.6 is 0 Å². The number of carbonyl (C=O) groups is 1. The largest absolute Gasteiger partial charge is 0.391 e. The van der Waals surface area contributed by atoms with Gasteiger partial charge in [-0.3, -0.25) is 4.79 Å². The third-order valence-corrected chi connectivity index (χ3v) is 0.987. The Labute approximate surface area is 90.2 Å². The number of halogens is 3. The summed E-state index contributed by atoms with van der Waals surface area (Å²) in [6, 6.07) is -0.840. The number of rotatable bonds is 2. The molecule has 0 bridgehead atoms. The Balaban J connectivity index is -0.000000318. The molecule has 5 heteroatoms. The first-order valence-corrected chi connectivity index (χ1v) is 5.15. The van der Waals surface area contributed by atoms with Gasteiger partial charge in [0.2, 0.25) is 5.91 Å². The standard InChI is InChI=1S/C6H10F3NO.2C2H6/c1-4(10-5(2)11)3-6(7,8)9;2*1-2/h4H,3H2,1-2H3,(H,10,11);2*1-2H3. The molecule has 0 saturated heterocycles. The van der Waals surface area contributed by atoms with E-state index in [-0.39, 0.29) is 0 Å². The van der Waals surface area contributed by atoms with E-state index in [4.69, 9.17) is 0 Å². The molecule has 0 aliphatic heterocycles. The zero-order valence-corrected chi connectivity index (χ0v) is 10.3. The maximum Gasteiger partial charge on any atom is 0.391 e. The minimum absolute atomic E-state index is 0.443. The van der Waals surface area contributed by atoms with Crippen LogP contribution in [0, 0.1) is 0 Å². The summed E-state index contributed by atoms with van der Waals surface area (Å²) >= 11 is 0. The third kappa shape index (κ3) is 24.6. The van der Waals surface area contributed by atoms with Crippen molar-refractivity contribution >= 4 is 5.91 Å². The Morgan fingerprint density at radius 3 is 1.73 bits per heavy atom. The lowest BCUT2D eigenvalue weighted by atomic mass is 10.2. The van der Waals surface area contributed by atoms with Gasteiger partial charge in [0.1, 0.15) is 0 Å². The van der Waals surface area contributed by atoms with Crippen LogP contribution in [-0.2, 0) is 4.79 Å². The SMILES string of the molecule is CC.CC.CC(=O)NC(C)CC(F)(F)F. The molecule has 0 rings (SSSR count). The molecule has 15 heavy (non-hydrogen) atoms. The fourth-order valence-corrected chi connectivity index (χ4v) is 0.745. The van der Waals surface area contributed by atoms with Crippen molar-refractivity contribution in [3.8, 4) is 0 Å². The molecule has 0 spiro atoms. The molecule has 0 aromatic rings. The molecule has 1 atom stereocenters. The molecule has 0 saturated carbocycles. The average Bonchev–Trinajstić information content (AvgIpc) is 2.06. The molecular weight excluding hydrogens is 207 g/mol. The van der Waals surface area contributed by atoms with Crippen molar-refractivity contribution in [2.45, 2.75) is 60.2 Å². The minimum Gasteiger partial charge on any atom is -0.354 e. The van der Waals surface area contributed by atoms with Crippen molar-refractivity contribution in [2.75, 3.05) is 0 Å². The first-order valence-electron chi connectivity index (χ1n) is 5.15. The summed E-state index contributed by atoms with van der Waals surface area (Å²) in [5.74, 6) is -0.443. The maximum atomic E-state index is 11.6. The number of amides is 1. The summed E-state index contributed by atoms with van der Waals surface area (Å²) in [4.78, 5) is 10.3. The van der Waals surface area contributed by atoms with Gasteiger partial charge in [-0.05, 0) is 6.92 Å². The van der Waals surface area contributed by atoms with Gasteiger partial charge in [-0.1, -0.05) is 27.7 Å². The van der Waals surface area contributed by atoms with E-state index in [1.807, 2.05) is 27.7 Å². The van der Waals surface area contributed by atoms with Crippen molar-refractivity contribution in [3.63, 3.8) is 0 Å². The van der Waals surface area contributed by atoms with Crippen molar-refractivity contribution < 1.29 is 18.0 Å². The first-order chi connectivity index (χ1) is 6.81. The topological polar surface area (TPSA) is 29.1 Å². The van der Waals surface area contributed by atoms with Crippen molar-refractivity contribution in [2.24, 2.45) is 0 Å². The van der Waals surface area contributed by atoms with E-state index in [9.17, 15) is 18.0 Å². The van der Waals surface area contributed by atoms with Gasteiger partial charge in [0.25, 0.3) is 0 Å². The van der Waals surface area contributed by atoms with E-state index < -0.39 is 24.5 Å². The molecule has 1 unspecified atom stereocenters. The second kappa shape index (κ2) is 11.3. The van der Waals surface area contributed by atoms with Crippen LogP contribution in [0.2, 0.25) is 0 Å². The van der Waals surface area contributed by atoms with Crippen LogP contribution in [0.4, 0.5) is 13.2 Å². The highest BCUT2D eigenvalue weighted by Crippen LogP contribution is 2.20. The van der Waals surface area contributed by atoms with Crippen LogP contribution in [-0.4, -0.2) is 18.1 Å². The molecule has 1 N–H and O–H groups in total. The van der Waals surface area contributed by atoms with E-state index in [2.05, 4.69) is 5.32 Å². The van der Waals surface area contributed by atoms with Crippen molar-refractivity contribution in [3.05, 3.63) is 0 Å². The summed E-state index contributed by atoms with van der Waals surface area (Å²) in [6.45, 7) is 10.5. The molecule has 0 heterocycles. The predicted molar refractivity (Wildman–Crippen MR) is 56.6 cm³/mol. The van der Waals surface area contributed by atoms with Crippen molar-refractivity contribution in [1.82, 2.24) is 5.32 Å². The monoisotopic (exact) mass is 229 g/mol. The van der Waals surface area contributed by atoms with Gasteiger partial charge in [0, 0.05) is 13.0 Å². The summed E-state index contributed by atoms with van der Waals surface area (Å²) in [5, 5.41) is 2.14. The Morgan fingerprint density at radius 2 is 1.53 bits per heavy atom. The third-order valence-electron chi connectivity index (χ3n) is 0.987. The number of hydrogen-bond acceptors (Lipinski definition) is 1. The van der Waals surface area contributed by atoms with E-state index in [0.717, 1.165) is 0 Å². The minimum atomic E-state index is -4.21. The van der Waals surface area contributed by atoms with E-state index in [1.54, 1.807) is 0 Å². The zero-order chi connectivity index (χ0) is 13.1. The van der Waals surface area contributed by atoms with Gasteiger partial charge < -0.3 is 5.32 Å². The molecule has 0 fully saturated rings. The molecule has 0 aliphatic carbocycles. The average molecular weight is 229 g/mol. The van der Waals surface area contributed by atoms with E-state index >= 15 is 0 Å². The molecule has 94 valence electrons. The lowest BCUT2D eigenvalue weighted by Gasteiger charge is -2.13. The van der Waals surface area contributed by atoms with Crippen LogP contribution in [0.25, 0.3) is 0 Å².